The number of likely N-dealkylation sites (tertiary alicyclic amines) is 1. The highest BCUT2D eigenvalue weighted by atomic mass is 35.5. The number of amides is 3. The summed E-state index contributed by atoms with van der Waals surface area (Å²) in [4.78, 5) is 30.3. The first-order valence-electron chi connectivity index (χ1n) is 9.31. The number of carbonyl (C=O) groups is 2. The molecular weight excluding hydrogens is 394 g/mol. The third kappa shape index (κ3) is 5.36. The Bertz CT molecular complexity index is 824. The van der Waals surface area contributed by atoms with E-state index in [9.17, 15) is 9.59 Å². The maximum atomic E-state index is 13.1. The van der Waals surface area contributed by atoms with E-state index >= 15 is 0 Å². The van der Waals surface area contributed by atoms with E-state index in [0.717, 1.165) is 23.4 Å². The number of hydrogen-bond donors (Lipinski definition) is 1. The summed E-state index contributed by atoms with van der Waals surface area (Å²) in [5, 5.41) is 2.90. The number of anilines is 1. The highest BCUT2D eigenvalue weighted by Crippen LogP contribution is 2.25. The second-order valence-corrected chi connectivity index (χ2v) is 8.59. The standard InChI is InChI=1S/C21H24ClN3O2S/c1-2-12-24(15-18-10-11-19(22)28-18)20(26)16-7-6-13-25(14-16)21(27)23-17-8-4-3-5-9-17/h2-5,8-11,16H,1,6-7,12-15H2,(H,23,27)/t16-/m0/s1. The zero-order chi connectivity index (χ0) is 19.9. The summed E-state index contributed by atoms with van der Waals surface area (Å²) >= 11 is 7.49. The van der Waals surface area contributed by atoms with E-state index in [2.05, 4.69) is 11.9 Å². The Kier molecular flexibility index (Phi) is 7.12. The third-order valence-corrected chi connectivity index (χ3v) is 5.94. The predicted octanol–water partition coefficient (Wildman–Crippen LogP) is 4.86. The molecule has 28 heavy (non-hydrogen) atoms. The normalized spacial score (nSPS) is 16.5. The SMILES string of the molecule is C=CCN(Cc1ccc(Cl)s1)C(=O)[C@H]1CCCN(C(=O)Nc2ccccc2)C1. The van der Waals surface area contributed by atoms with Crippen LogP contribution in [-0.2, 0) is 11.3 Å². The van der Waals surface area contributed by atoms with E-state index in [4.69, 9.17) is 11.6 Å². The van der Waals surface area contributed by atoms with Gasteiger partial charge in [0.25, 0.3) is 0 Å². The van der Waals surface area contributed by atoms with E-state index in [1.54, 1.807) is 15.9 Å². The summed E-state index contributed by atoms with van der Waals surface area (Å²) < 4.78 is 0.711. The molecule has 5 nitrogen and oxygen atoms in total. The van der Waals surface area contributed by atoms with Gasteiger partial charge in [-0.3, -0.25) is 4.79 Å². The fraction of sp³-hybridized carbons (Fsp3) is 0.333. The van der Waals surface area contributed by atoms with Crippen molar-refractivity contribution in [2.24, 2.45) is 5.92 Å². The quantitative estimate of drug-likeness (QED) is 0.682. The van der Waals surface area contributed by atoms with Gasteiger partial charge in [0.2, 0.25) is 5.91 Å². The largest absolute Gasteiger partial charge is 0.334 e. The maximum Gasteiger partial charge on any atom is 0.321 e. The molecule has 7 heteroatoms. The fourth-order valence-electron chi connectivity index (χ4n) is 3.36. The van der Waals surface area contributed by atoms with E-state index in [1.165, 1.54) is 11.3 Å². The number of carbonyl (C=O) groups excluding carboxylic acids is 2. The molecule has 0 aliphatic carbocycles. The van der Waals surface area contributed by atoms with Crippen molar-refractivity contribution in [1.29, 1.82) is 0 Å². The Balaban J connectivity index is 1.63. The first-order chi connectivity index (χ1) is 13.6. The first-order valence-corrected chi connectivity index (χ1v) is 10.5. The molecule has 1 atom stereocenters. The van der Waals surface area contributed by atoms with Gasteiger partial charge in [0.05, 0.1) is 16.8 Å². The van der Waals surface area contributed by atoms with Crippen LogP contribution in [0.1, 0.15) is 17.7 Å². The average Bonchev–Trinajstić information content (AvgIpc) is 3.12. The average molecular weight is 418 g/mol. The van der Waals surface area contributed by atoms with Gasteiger partial charge in [-0.2, -0.15) is 0 Å². The molecular formula is C21H24ClN3O2S. The molecule has 148 valence electrons. The molecule has 0 unspecified atom stereocenters. The number of rotatable bonds is 6. The minimum atomic E-state index is -0.203. The molecule has 0 radical (unpaired) electrons. The molecule has 1 aliphatic heterocycles. The molecule has 2 heterocycles. The van der Waals surface area contributed by atoms with Crippen molar-refractivity contribution in [3.8, 4) is 0 Å². The van der Waals surface area contributed by atoms with Gasteiger partial charge < -0.3 is 15.1 Å². The van der Waals surface area contributed by atoms with Crippen molar-refractivity contribution >= 4 is 40.6 Å². The van der Waals surface area contributed by atoms with Crippen molar-refractivity contribution < 1.29 is 9.59 Å². The van der Waals surface area contributed by atoms with Crippen LogP contribution in [0.4, 0.5) is 10.5 Å². The number of benzene rings is 1. The van der Waals surface area contributed by atoms with Gasteiger partial charge >= 0.3 is 6.03 Å². The third-order valence-electron chi connectivity index (χ3n) is 4.72. The lowest BCUT2D eigenvalue weighted by Gasteiger charge is -2.34. The molecule has 1 saturated heterocycles. The van der Waals surface area contributed by atoms with Crippen LogP contribution in [0, 0.1) is 5.92 Å². The Hall–Kier alpha value is -2.31. The number of nitrogens with one attached hydrogen (secondary N) is 1. The van der Waals surface area contributed by atoms with Crippen molar-refractivity contribution in [1.82, 2.24) is 9.80 Å². The minimum Gasteiger partial charge on any atom is -0.334 e. The zero-order valence-electron chi connectivity index (χ0n) is 15.6. The number of nitrogens with zero attached hydrogens (tertiary/aromatic N) is 2. The molecule has 0 saturated carbocycles. The van der Waals surface area contributed by atoms with Crippen LogP contribution in [0.5, 0.6) is 0 Å². The molecule has 1 fully saturated rings. The van der Waals surface area contributed by atoms with Crippen molar-refractivity contribution in [3.63, 3.8) is 0 Å². The summed E-state index contributed by atoms with van der Waals surface area (Å²) in [6, 6.07) is 13.0. The maximum absolute atomic E-state index is 13.1. The number of piperidine rings is 1. The van der Waals surface area contributed by atoms with Crippen molar-refractivity contribution in [2.45, 2.75) is 19.4 Å². The minimum absolute atomic E-state index is 0.0571. The molecule has 1 N–H and O–H groups in total. The summed E-state index contributed by atoms with van der Waals surface area (Å²) in [6.07, 6.45) is 3.33. The molecule has 3 rings (SSSR count). The number of thiophene rings is 1. The monoisotopic (exact) mass is 417 g/mol. The lowest BCUT2D eigenvalue weighted by Crippen LogP contribution is -2.47. The predicted molar refractivity (Wildman–Crippen MR) is 115 cm³/mol. The molecule has 1 aromatic carbocycles. The van der Waals surface area contributed by atoms with Crippen LogP contribution < -0.4 is 5.32 Å². The molecule has 2 aromatic rings. The lowest BCUT2D eigenvalue weighted by atomic mass is 9.96. The van der Waals surface area contributed by atoms with Crippen molar-refractivity contribution in [2.75, 3.05) is 25.0 Å². The molecule has 1 aliphatic rings. The van der Waals surface area contributed by atoms with E-state index in [-0.39, 0.29) is 17.9 Å². The molecule has 0 bridgehead atoms. The second kappa shape index (κ2) is 9.75. The van der Waals surface area contributed by atoms with Gasteiger partial charge in [0.15, 0.2) is 0 Å². The molecule has 0 spiro atoms. The number of halogens is 1. The lowest BCUT2D eigenvalue weighted by molar-refractivity contribution is -0.136. The highest BCUT2D eigenvalue weighted by molar-refractivity contribution is 7.16. The number of urea groups is 1. The zero-order valence-corrected chi connectivity index (χ0v) is 17.2. The van der Waals surface area contributed by atoms with Gasteiger partial charge in [-0.25, -0.2) is 4.79 Å². The fourth-order valence-corrected chi connectivity index (χ4v) is 4.46. The smallest absolute Gasteiger partial charge is 0.321 e. The summed E-state index contributed by atoms with van der Waals surface area (Å²) in [5.74, 6) is -0.146. The van der Waals surface area contributed by atoms with Crippen LogP contribution in [0.15, 0.2) is 55.1 Å². The highest BCUT2D eigenvalue weighted by Gasteiger charge is 2.31. The van der Waals surface area contributed by atoms with Gasteiger partial charge in [0, 0.05) is 30.2 Å². The summed E-state index contributed by atoms with van der Waals surface area (Å²) in [5.41, 5.74) is 0.754. The van der Waals surface area contributed by atoms with Crippen LogP contribution >= 0.6 is 22.9 Å². The van der Waals surface area contributed by atoms with Crippen LogP contribution in [0.3, 0.4) is 0 Å². The Labute approximate surface area is 174 Å². The van der Waals surface area contributed by atoms with Crippen LogP contribution in [-0.4, -0.2) is 41.4 Å². The Morgan fingerprint density at radius 2 is 2.07 bits per heavy atom. The van der Waals surface area contributed by atoms with Gasteiger partial charge in [-0.1, -0.05) is 35.9 Å². The molecule has 1 aromatic heterocycles. The Morgan fingerprint density at radius 1 is 1.29 bits per heavy atom. The van der Waals surface area contributed by atoms with E-state index in [0.29, 0.717) is 30.5 Å². The summed E-state index contributed by atoms with van der Waals surface area (Å²) in [6.45, 7) is 5.84. The van der Waals surface area contributed by atoms with Crippen LogP contribution in [0.25, 0.3) is 0 Å². The Morgan fingerprint density at radius 3 is 2.75 bits per heavy atom. The first kappa shape index (κ1) is 20.4. The van der Waals surface area contributed by atoms with Crippen molar-refractivity contribution in [3.05, 3.63) is 64.3 Å². The van der Waals surface area contributed by atoms with E-state index in [1.807, 2.05) is 42.5 Å². The number of hydrogen-bond acceptors (Lipinski definition) is 3. The topological polar surface area (TPSA) is 52.7 Å². The summed E-state index contributed by atoms with van der Waals surface area (Å²) in [7, 11) is 0. The number of para-hydroxylation sites is 1. The van der Waals surface area contributed by atoms with Gasteiger partial charge in [-0.05, 0) is 37.1 Å². The molecule has 3 amide bonds. The van der Waals surface area contributed by atoms with E-state index < -0.39 is 0 Å². The van der Waals surface area contributed by atoms with Gasteiger partial charge in [-0.15, -0.1) is 17.9 Å². The second-order valence-electron chi connectivity index (χ2n) is 6.79. The van der Waals surface area contributed by atoms with Crippen LogP contribution in [0.2, 0.25) is 4.34 Å². The van der Waals surface area contributed by atoms with Gasteiger partial charge in [0.1, 0.15) is 0 Å².